The van der Waals surface area contributed by atoms with Crippen molar-refractivity contribution in [1.82, 2.24) is 0 Å². The lowest BCUT2D eigenvalue weighted by molar-refractivity contribution is -0.184. The van der Waals surface area contributed by atoms with Crippen LogP contribution >= 0.6 is 0 Å². The molecular formula is C37H50O7. The van der Waals surface area contributed by atoms with Crippen LogP contribution in [0.5, 0.6) is 0 Å². The van der Waals surface area contributed by atoms with Gasteiger partial charge in [-0.05, 0) is 105 Å². The van der Waals surface area contributed by atoms with Gasteiger partial charge in [-0.1, -0.05) is 47.1 Å². The molecule has 0 radical (unpaired) electrons. The van der Waals surface area contributed by atoms with Gasteiger partial charge in [0.1, 0.15) is 0 Å². The first-order valence-electron chi connectivity index (χ1n) is 16.5. The molecule has 6 rings (SSSR count). The summed E-state index contributed by atoms with van der Waals surface area (Å²) in [6, 6.07) is 0. The second kappa shape index (κ2) is 9.65. The van der Waals surface area contributed by atoms with E-state index in [9.17, 15) is 19.2 Å². The predicted molar refractivity (Wildman–Crippen MR) is 165 cm³/mol. The lowest BCUT2D eigenvalue weighted by Crippen LogP contribution is -2.66. The first kappa shape index (κ1) is 31.3. The van der Waals surface area contributed by atoms with Crippen LogP contribution in [0.2, 0.25) is 0 Å². The minimum absolute atomic E-state index is 0.0389. The molecule has 1 aliphatic heterocycles. The zero-order valence-corrected chi connectivity index (χ0v) is 28.1. The monoisotopic (exact) mass is 606 g/mol. The number of Topliss-reactive ketones (excluding diaryl/α,β-unsaturated/α-hetero) is 1. The molecule has 6 aliphatic rings. The highest BCUT2D eigenvalue weighted by Crippen LogP contribution is 2.75. The molecule has 0 aromatic rings. The number of ketones is 2. The van der Waals surface area contributed by atoms with Crippen molar-refractivity contribution in [2.24, 2.45) is 50.2 Å². The maximum atomic E-state index is 14.7. The van der Waals surface area contributed by atoms with Crippen LogP contribution in [0.3, 0.4) is 0 Å². The van der Waals surface area contributed by atoms with Crippen molar-refractivity contribution in [3.05, 3.63) is 35.1 Å². The Balaban J connectivity index is 1.40. The van der Waals surface area contributed by atoms with Gasteiger partial charge in [-0.2, -0.15) is 0 Å². The SMILES string of the molecule is COC(=O)[C@@]1(C)CC[C@]2(C)CC[C@]3(C)C(=CC(=O)[C@@H]4[C@@]5(C)C/C(=C\OC6C=C(C)C(=O)O6)C(=O)C(C)(C)[C@@H]5CC[C@]43C)[C@@H]2C1. The van der Waals surface area contributed by atoms with Crippen LogP contribution in [0, 0.1) is 50.2 Å². The molecule has 0 amide bonds. The van der Waals surface area contributed by atoms with E-state index >= 15 is 0 Å². The molecule has 5 aliphatic carbocycles. The summed E-state index contributed by atoms with van der Waals surface area (Å²) in [6.07, 6.45) is 11.0. The van der Waals surface area contributed by atoms with Crippen LogP contribution in [0.4, 0.5) is 0 Å². The topological polar surface area (TPSA) is 96.0 Å². The van der Waals surface area contributed by atoms with Gasteiger partial charge in [0.2, 0.25) is 0 Å². The molecule has 4 fully saturated rings. The zero-order valence-electron chi connectivity index (χ0n) is 28.1. The van der Waals surface area contributed by atoms with Crippen molar-refractivity contribution in [2.75, 3.05) is 7.11 Å². The Kier molecular flexibility index (Phi) is 6.86. The lowest BCUT2D eigenvalue weighted by Gasteiger charge is -2.70. The molecule has 4 saturated carbocycles. The van der Waals surface area contributed by atoms with Gasteiger partial charge in [-0.3, -0.25) is 14.4 Å². The molecule has 7 nitrogen and oxygen atoms in total. The number of hydrogen-bond donors (Lipinski definition) is 0. The van der Waals surface area contributed by atoms with Crippen LogP contribution in [0.1, 0.15) is 107 Å². The highest BCUT2D eigenvalue weighted by atomic mass is 16.7. The van der Waals surface area contributed by atoms with E-state index in [2.05, 4.69) is 27.7 Å². The van der Waals surface area contributed by atoms with Crippen molar-refractivity contribution >= 4 is 23.5 Å². The number of esters is 2. The van der Waals surface area contributed by atoms with Crippen LogP contribution in [-0.4, -0.2) is 36.9 Å². The molecule has 9 atom stereocenters. The summed E-state index contributed by atoms with van der Waals surface area (Å²) in [7, 11) is 1.47. The summed E-state index contributed by atoms with van der Waals surface area (Å²) < 4.78 is 16.4. The van der Waals surface area contributed by atoms with Gasteiger partial charge in [0.15, 0.2) is 11.6 Å². The molecule has 7 heteroatoms. The van der Waals surface area contributed by atoms with E-state index in [1.807, 2.05) is 26.8 Å². The Hall–Kier alpha value is -2.70. The van der Waals surface area contributed by atoms with Crippen molar-refractivity contribution in [3.8, 4) is 0 Å². The Morgan fingerprint density at radius 3 is 2.30 bits per heavy atom. The van der Waals surface area contributed by atoms with E-state index in [0.717, 1.165) is 38.5 Å². The number of fused-ring (bicyclic) bond motifs is 7. The second-order valence-corrected chi connectivity index (χ2v) is 16.9. The van der Waals surface area contributed by atoms with E-state index in [1.165, 1.54) is 18.9 Å². The van der Waals surface area contributed by atoms with E-state index in [-0.39, 0.29) is 51.5 Å². The molecular weight excluding hydrogens is 556 g/mol. The Morgan fingerprint density at radius 1 is 0.977 bits per heavy atom. The second-order valence-electron chi connectivity index (χ2n) is 16.9. The fraction of sp³-hybridized carbons (Fsp3) is 0.730. The predicted octanol–water partition coefficient (Wildman–Crippen LogP) is 7.05. The summed E-state index contributed by atoms with van der Waals surface area (Å²) in [6.45, 7) is 17.1. The van der Waals surface area contributed by atoms with Gasteiger partial charge >= 0.3 is 11.9 Å². The minimum atomic E-state index is -0.850. The molecule has 1 heterocycles. The lowest BCUT2D eigenvalue weighted by atomic mass is 9.33. The van der Waals surface area contributed by atoms with Gasteiger partial charge in [0.05, 0.1) is 18.8 Å². The number of allylic oxidation sites excluding steroid dienone is 3. The third-order valence-electron chi connectivity index (χ3n) is 14.1. The third-order valence-corrected chi connectivity index (χ3v) is 14.1. The van der Waals surface area contributed by atoms with Crippen LogP contribution in [-0.2, 0) is 33.4 Å². The number of cyclic esters (lactones) is 1. The van der Waals surface area contributed by atoms with Gasteiger partial charge in [-0.15, -0.1) is 0 Å². The highest BCUT2D eigenvalue weighted by Gasteiger charge is 2.71. The number of methoxy groups -OCH3 is 1. The summed E-state index contributed by atoms with van der Waals surface area (Å²) in [4.78, 5) is 53.5. The zero-order chi connectivity index (χ0) is 32.3. The van der Waals surface area contributed by atoms with E-state index < -0.39 is 28.5 Å². The van der Waals surface area contributed by atoms with E-state index in [1.54, 1.807) is 13.0 Å². The van der Waals surface area contributed by atoms with Crippen molar-refractivity contribution in [2.45, 2.75) is 113 Å². The van der Waals surface area contributed by atoms with Crippen LogP contribution in [0.15, 0.2) is 35.1 Å². The largest absolute Gasteiger partial charge is 0.469 e. The van der Waals surface area contributed by atoms with Crippen molar-refractivity contribution in [3.63, 3.8) is 0 Å². The fourth-order valence-corrected chi connectivity index (χ4v) is 11.3. The third kappa shape index (κ3) is 4.05. The van der Waals surface area contributed by atoms with Gasteiger partial charge in [0, 0.05) is 28.6 Å². The number of carbonyl (C=O) groups is 4. The van der Waals surface area contributed by atoms with Crippen LogP contribution < -0.4 is 0 Å². The molecule has 0 saturated heterocycles. The first-order valence-corrected chi connectivity index (χ1v) is 16.5. The van der Waals surface area contributed by atoms with E-state index in [4.69, 9.17) is 14.2 Å². The Morgan fingerprint density at radius 2 is 1.66 bits per heavy atom. The fourth-order valence-electron chi connectivity index (χ4n) is 11.3. The number of hydrogen-bond acceptors (Lipinski definition) is 7. The Bertz CT molecular complexity index is 1430. The maximum absolute atomic E-state index is 14.7. The molecule has 44 heavy (non-hydrogen) atoms. The molecule has 0 bridgehead atoms. The first-order chi connectivity index (χ1) is 20.4. The smallest absolute Gasteiger partial charge is 0.336 e. The molecule has 0 N–H and O–H groups in total. The highest BCUT2D eigenvalue weighted by molar-refractivity contribution is 6.02. The van der Waals surface area contributed by atoms with E-state index in [0.29, 0.717) is 24.0 Å². The average Bonchev–Trinajstić information content (AvgIpc) is 3.28. The van der Waals surface area contributed by atoms with Gasteiger partial charge in [-0.25, -0.2) is 4.79 Å². The number of rotatable bonds is 3. The quantitative estimate of drug-likeness (QED) is 0.193. The summed E-state index contributed by atoms with van der Waals surface area (Å²) in [5.74, 6) is -0.448. The molecule has 0 aromatic carbocycles. The van der Waals surface area contributed by atoms with Crippen molar-refractivity contribution in [1.29, 1.82) is 0 Å². The summed E-state index contributed by atoms with van der Waals surface area (Å²) >= 11 is 0. The summed E-state index contributed by atoms with van der Waals surface area (Å²) in [5, 5.41) is 0. The van der Waals surface area contributed by atoms with Gasteiger partial charge in [0.25, 0.3) is 6.29 Å². The normalized spacial score (nSPS) is 46.9. The maximum Gasteiger partial charge on any atom is 0.336 e. The van der Waals surface area contributed by atoms with Gasteiger partial charge < -0.3 is 14.2 Å². The minimum Gasteiger partial charge on any atom is -0.469 e. The molecule has 1 unspecified atom stereocenters. The Labute approximate surface area is 262 Å². The summed E-state index contributed by atoms with van der Waals surface area (Å²) in [5.41, 5.74) is 0.115. The standard InChI is InChI=1S/C37H50O7/c1-21-16-27(44-30(21)40)43-20-22-18-35(6)26(32(2,3)29(22)39)10-11-37(8)28(35)25(38)17-23-24-19-34(5,31(41)42-9)13-12-33(24,4)14-15-36(23,37)7/h16-17,20,24,26-28H,10-15,18-19H2,1-9H3/b22-20+/t24-,26-,27?,28+,33+,34-,35-,36+,37+/m0/s1. The van der Waals surface area contributed by atoms with Crippen LogP contribution in [0.25, 0.3) is 0 Å². The molecule has 0 aromatic heterocycles. The average molecular weight is 607 g/mol. The van der Waals surface area contributed by atoms with Crippen molar-refractivity contribution < 1.29 is 33.4 Å². The molecule has 0 spiro atoms. The number of ether oxygens (including phenoxy) is 3. The molecule has 240 valence electrons. The number of carbonyl (C=O) groups excluding carboxylic acids is 4.